The first-order chi connectivity index (χ1) is 12.7. The second kappa shape index (κ2) is 9.30. The van der Waals surface area contributed by atoms with E-state index in [4.69, 9.17) is 0 Å². The van der Waals surface area contributed by atoms with Crippen molar-refractivity contribution in [1.29, 1.82) is 0 Å². The highest BCUT2D eigenvalue weighted by molar-refractivity contribution is 5.98. The molecule has 1 amide bonds. The second-order valence-electron chi connectivity index (χ2n) is 6.74. The highest BCUT2D eigenvalue weighted by Gasteiger charge is 2.13. The number of nitrogens with one attached hydrogen (secondary N) is 2. The van der Waals surface area contributed by atoms with Crippen molar-refractivity contribution in [3.8, 4) is 0 Å². The molecule has 3 rings (SSSR count). The second-order valence-corrected chi connectivity index (χ2v) is 6.74. The third-order valence-corrected chi connectivity index (χ3v) is 4.83. The molecular formula is C22H26N2O2. The summed E-state index contributed by atoms with van der Waals surface area (Å²) in [6, 6.07) is 16.0. The van der Waals surface area contributed by atoms with E-state index < -0.39 is 0 Å². The molecule has 26 heavy (non-hydrogen) atoms. The van der Waals surface area contributed by atoms with Crippen molar-refractivity contribution in [2.45, 2.75) is 32.1 Å². The lowest BCUT2D eigenvalue weighted by atomic mass is 9.97. The summed E-state index contributed by atoms with van der Waals surface area (Å²) in [5, 5.41) is 6.27. The van der Waals surface area contributed by atoms with E-state index in [1.54, 1.807) is 0 Å². The third kappa shape index (κ3) is 5.27. The number of amides is 1. The monoisotopic (exact) mass is 350 g/mol. The van der Waals surface area contributed by atoms with Crippen molar-refractivity contribution < 1.29 is 9.59 Å². The number of carbonyl (C=O) groups is 2. The van der Waals surface area contributed by atoms with Crippen LogP contribution >= 0.6 is 0 Å². The van der Waals surface area contributed by atoms with Crippen LogP contribution in [0.5, 0.6) is 0 Å². The minimum Gasteiger partial charge on any atom is -0.356 e. The summed E-state index contributed by atoms with van der Waals surface area (Å²) in [7, 11) is 0. The zero-order chi connectivity index (χ0) is 18.2. The van der Waals surface area contributed by atoms with Gasteiger partial charge in [0.15, 0.2) is 5.78 Å². The minimum absolute atomic E-state index is 0.0446. The van der Waals surface area contributed by atoms with Gasteiger partial charge in [-0.05, 0) is 55.1 Å². The molecule has 0 spiro atoms. The van der Waals surface area contributed by atoms with Crippen LogP contribution in [0.2, 0.25) is 0 Å². The van der Waals surface area contributed by atoms with Crippen LogP contribution in [-0.4, -0.2) is 31.3 Å². The van der Waals surface area contributed by atoms with E-state index in [2.05, 4.69) is 16.7 Å². The predicted octanol–water partition coefficient (Wildman–Crippen LogP) is 2.70. The van der Waals surface area contributed by atoms with Crippen LogP contribution in [-0.2, 0) is 24.1 Å². The average Bonchev–Trinajstić information content (AvgIpc) is 2.91. The lowest BCUT2D eigenvalue weighted by Gasteiger charge is -2.08. The Labute approximate surface area is 155 Å². The molecule has 2 aromatic carbocycles. The van der Waals surface area contributed by atoms with Crippen molar-refractivity contribution in [2.75, 3.05) is 19.6 Å². The summed E-state index contributed by atoms with van der Waals surface area (Å²) in [5.41, 5.74) is 4.50. The molecule has 0 atom stereocenters. The van der Waals surface area contributed by atoms with E-state index >= 15 is 0 Å². The fraction of sp³-hybridized carbons (Fsp3) is 0.364. The van der Waals surface area contributed by atoms with Gasteiger partial charge in [0.25, 0.3) is 0 Å². The molecule has 136 valence electrons. The standard InChI is InChI=1S/C22H26N2O2/c25-21(20-7-6-18-11-13-23-14-12-19(18)16-20)8-9-22(26)24-15-10-17-4-2-1-3-5-17/h1-7,16,23H,8-15H2,(H,24,26). The van der Waals surface area contributed by atoms with Crippen molar-refractivity contribution in [3.63, 3.8) is 0 Å². The maximum atomic E-state index is 12.4. The van der Waals surface area contributed by atoms with Gasteiger partial charge in [-0.1, -0.05) is 42.5 Å². The van der Waals surface area contributed by atoms with Gasteiger partial charge in [-0.25, -0.2) is 0 Å². The summed E-state index contributed by atoms with van der Waals surface area (Å²) < 4.78 is 0. The Kier molecular flexibility index (Phi) is 6.56. The fourth-order valence-electron chi connectivity index (χ4n) is 3.30. The lowest BCUT2D eigenvalue weighted by Crippen LogP contribution is -2.26. The molecule has 0 bridgehead atoms. The van der Waals surface area contributed by atoms with Gasteiger partial charge in [-0.3, -0.25) is 9.59 Å². The van der Waals surface area contributed by atoms with Crippen LogP contribution in [0.4, 0.5) is 0 Å². The number of ketones is 1. The van der Waals surface area contributed by atoms with Gasteiger partial charge in [0.2, 0.25) is 5.91 Å². The smallest absolute Gasteiger partial charge is 0.220 e. The number of benzene rings is 2. The van der Waals surface area contributed by atoms with Crippen LogP contribution in [0.15, 0.2) is 48.5 Å². The Morgan fingerprint density at radius 2 is 1.69 bits per heavy atom. The van der Waals surface area contributed by atoms with Gasteiger partial charge in [0.05, 0.1) is 0 Å². The maximum absolute atomic E-state index is 12.4. The third-order valence-electron chi connectivity index (χ3n) is 4.83. The zero-order valence-corrected chi connectivity index (χ0v) is 15.1. The van der Waals surface area contributed by atoms with Gasteiger partial charge in [-0.2, -0.15) is 0 Å². The molecule has 2 N–H and O–H groups in total. The summed E-state index contributed by atoms with van der Waals surface area (Å²) in [6.45, 7) is 2.54. The summed E-state index contributed by atoms with van der Waals surface area (Å²) in [6.07, 6.45) is 3.27. The first-order valence-electron chi connectivity index (χ1n) is 9.39. The quantitative estimate of drug-likeness (QED) is 0.755. The number of hydrogen-bond acceptors (Lipinski definition) is 3. The average molecular weight is 350 g/mol. The largest absolute Gasteiger partial charge is 0.356 e. The molecule has 0 saturated heterocycles. The number of rotatable bonds is 7. The van der Waals surface area contributed by atoms with Crippen LogP contribution in [0.25, 0.3) is 0 Å². The van der Waals surface area contributed by atoms with E-state index in [-0.39, 0.29) is 24.5 Å². The van der Waals surface area contributed by atoms with Gasteiger partial charge < -0.3 is 10.6 Å². The first kappa shape index (κ1) is 18.3. The summed E-state index contributed by atoms with van der Waals surface area (Å²) >= 11 is 0. The normalized spacial score (nSPS) is 13.5. The fourth-order valence-corrected chi connectivity index (χ4v) is 3.30. The Balaban J connectivity index is 1.44. The first-order valence-corrected chi connectivity index (χ1v) is 9.39. The van der Waals surface area contributed by atoms with Gasteiger partial charge in [0, 0.05) is 24.9 Å². The molecule has 0 saturated carbocycles. The molecule has 4 heteroatoms. The van der Waals surface area contributed by atoms with Crippen molar-refractivity contribution in [3.05, 3.63) is 70.8 Å². The Morgan fingerprint density at radius 3 is 2.50 bits per heavy atom. The van der Waals surface area contributed by atoms with Crippen LogP contribution in [0.3, 0.4) is 0 Å². The molecule has 0 aliphatic carbocycles. The summed E-state index contributed by atoms with van der Waals surface area (Å²) in [5.74, 6) is -0.0172. The van der Waals surface area contributed by atoms with E-state index in [9.17, 15) is 9.59 Å². The lowest BCUT2D eigenvalue weighted by molar-refractivity contribution is -0.121. The van der Waals surface area contributed by atoms with E-state index in [0.717, 1.165) is 37.9 Å². The molecular weight excluding hydrogens is 324 g/mol. The zero-order valence-electron chi connectivity index (χ0n) is 15.1. The number of Topliss-reactive ketones (excluding diaryl/α,β-unsaturated/α-hetero) is 1. The van der Waals surface area contributed by atoms with Crippen LogP contribution in [0.1, 0.15) is 39.9 Å². The van der Waals surface area contributed by atoms with E-state index in [0.29, 0.717) is 6.54 Å². The molecule has 1 aliphatic heterocycles. The van der Waals surface area contributed by atoms with Gasteiger partial charge >= 0.3 is 0 Å². The molecule has 2 aromatic rings. The Hall–Kier alpha value is -2.46. The van der Waals surface area contributed by atoms with Crippen LogP contribution < -0.4 is 10.6 Å². The van der Waals surface area contributed by atoms with E-state index in [1.165, 1.54) is 16.7 Å². The predicted molar refractivity (Wildman–Crippen MR) is 103 cm³/mol. The Bertz CT molecular complexity index is 756. The number of hydrogen-bond donors (Lipinski definition) is 2. The van der Waals surface area contributed by atoms with Gasteiger partial charge in [0.1, 0.15) is 0 Å². The Morgan fingerprint density at radius 1 is 0.923 bits per heavy atom. The SMILES string of the molecule is O=C(CCC(=O)c1ccc2c(c1)CCNCC2)NCCc1ccccc1. The topological polar surface area (TPSA) is 58.2 Å². The molecule has 0 aromatic heterocycles. The van der Waals surface area contributed by atoms with E-state index in [1.807, 2.05) is 42.5 Å². The van der Waals surface area contributed by atoms with Crippen molar-refractivity contribution in [1.82, 2.24) is 10.6 Å². The van der Waals surface area contributed by atoms with Gasteiger partial charge in [-0.15, -0.1) is 0 Å². The molecule has 1 heterocycles. The molecule has 4 nitrogen and oxygen atoms in total. The molecule has 0 fully saturated rings. The summed E-state index contributed by atoms with van der Waals surface area (Å²) in [4.78, 5) is 24.4. The van der Waals surface area contributed by atoms with Crippen molar-refractivity contribution in [2.24, 2.45) is 0 Å². The minimum atomic E-state index is -0.0618. The highest BCUT2D eigenvalue weighted by Crippen LogP contribution is 2.17. The number of carbonyl (C=O) groups excluding carboxylic acids is 2. The molecule has 0 unspecified atom stereocenters. The molecule has 1 aliphatic rings. The highest BCUT2D eigenvalue weighted by atomic mass is 16.2. The van der Waals surface area contributed by atoms with Crippen molar-refractivity contribution >= 4 is 11.7 Å². The van der Waals surface area contributed by atoms with Crippen LogP contribution in [0, 0.1) is 0 Å². The molecule has 0 radical (unpaired) electrons. The number of fused-ring (bicyclic) bond motifs is 1. The maximum Gasteiger partial charge on any atom is 0.220 e.